The van der Waals surface area contributed by atoms with E-state index in [9.17, 15) is 13.6 Å². The number of aromatic nitrogens is 2. The highest BCUT2D eigenvalue weighted by Gasteiger charge is 2.09. The van der Waals surface area contributed by atoms with Crippen molar-refractivity contribution in [2.45, 2.75) is 6.42 Å². The van der Waals surface area contributed by atoms with Gasteiger partial charge in [0.05, 0.1) is 11.9 Å². The highest BCUT2D eigenvalue weighted by atomic mass is 19.2. The summed E-state index contributed by atoms with van der Waals surface area (Å²) in [6, 6.07) is 12.8. The molecule has 0 fully saturated rings. The molecular weight excluding hydrogens is 312 g/mol. The zero-order valence-corrected chi connectivity index (χ0v) is 12.7. The van der Waals surface area contributed by atoms with E-state index >= 15 is 0 Å². The minimum atomic E-state index is -1.04. The van der Waals surface area contributed by atoms with Crippen molar-refractivity contribution in [3.63, 3.8) is 0 Å². The summed E-state index contributed by atoms with van der Waals surface area (Å²) in [4.78, 5) is 11.9. The molecule has 122 valence electrons. The Kier molecular flexibility index (Phi) is 4.65. The second-order valence-electron chi connectivity index (χ2n) is 5.26. The highest BCUT2D eigenvalue weighted by Crippen LogP contribution is 2.09. The van der Waals surface area contributed by atoms with Crippen LogP contribution in [0.25, 0.3) is 5.69 Å². The van der Waals surface area contributed by atoms with Crippen LogP contribution in [0.2, 0.25) is 0 Å². The van der Waals surface area contributed by atoms with Crippen LogP contribution in [0.5, 0.6) is 0 Å². The van der Waals surface area contributed by atoms with E-state index in [1.165, 1.54) is 6.07 Å². The standard InChI is InChI=1S/C18H15F2N3O/c19-16-7-6-14(10-17(16)20)18(24)21-9-8-13-11-22-23(12-13)15-4-2-1-3-5-15/h1-7,10-12H,8-9H2,(H,21,24). The fourth-order valence-corrected chi connectivity index (χ4v) is 2.27. The van der Waals surface area contributed by atoms with Crippen LogP contribution in [0.1, 0.15) is 15.9 Å². The Hall–Kier alpha value is -3.02. The Labute approximate surface area is 137 Å². The van der Waals surface area contributed by atoms with E-state index in [1.807, 2.05) is 36.5 Å². The lowest BCUT2D eigenvalue weighted by Gasteiger charge is -2.04. The normalized spacial score (nSPS) is 10.6. The molecule has 2 aromatic carbocycles. The molecule has 0 atom stereocenters. The number of nitrogens with zero attached hydrogens (tertiary/aromatic N) is 2. The summed E-state index contributed by atoms with van der Waals surface area (Å²) < 4.78 is 27.7. The SMILES string of the molecule is O=C(NCCc1cnn(-c2ccccc2)c1)c1ccc(F)c(F)c1. The third-order valence-electron chi connectivity index (χ3n) is 3.54. The lowest BCUT2D eigenvalue weighted by molar-refractivity contribution is 0.0953. The first-order valence-electron chi connectivity index (χ1n) is 7.46. The Morgan fingerprint density at radius 1 is 1.08 bits per heavy atom. The molecule has 0 radical (unpaired) electrons. The fourth-order valence-electron chi connectivity index (χ4n) is 2.27. The molecule has 0 unspecified atom stereocenters. The molecular formula is C18H15F2N3O. The first-order chi connectivity index (χ1) is 11.6. The van der Waals surface area contributed by atoms with Gasteiger partial charge in [0.2, 0.25) is 0 Å². The van der Waals surface area contributed by atoms with Gasteiger partial charge in [-0.3, -0.25) is 4.79 Å². The van der Waals surface area contributed by atoms with E-state index in [2.05, 4.69) is 10.4 Å². The summed E-state index contributed by atoms with van der Waals surface area (Å²) in [5, 5.41) is 6.95. The molecule has 3 rings (SSSR count). The number of carbonyl (C=O) groups excluding carboxylic acids is 1. The average Bonchev–Trinajstić information content (AvgIpc) is 3.07. The van der Waals surface area contributed by atoms with Crippen molar-refractivity contribution in [1.82, 2.24) is 15.1 Å². The Morgan fingerprint density at radius 3 is 2.62 bits per heavy atom. The minimum absolute atomic E-state index is 0.0916. The number of hydrogen-bond donors (Lipinski definition) is 1. The summed E-state index contributed by atoms with van der Waals surface area (Å²) in [7, 11) is 0. The van der Waals surface area contributed by atoms with Crippen LogP contribution in [0.4, 0.5) is 8.78 Å². The molecule has 1 amide bonds. The zero-order valence-electron chi connectivity index (χ0n) is 12.7. The second kappa shape index (κ2) is 7.04. The summed E-state index contributed by atoms with van der Waals surface area (Å²) in [5.74, 6) is -2.45. The van der Waals surface area contributed by atoms with Crippen LogP contribution in [-0.4, -0.2) is 22.2 Å². The molecule has 0 bridgehead atoms. The molecule has 1 N–H and O–H groups in total. The van der Waals surface area contributed by atoms with Crippen molar-refractivity contribution >= 4 is 5.91 Å². The number of hydrogen-bond acceptors (Lipinski definition) is 2. The molecule has 0 saturated carbocycles. The quantitative estimate of drug-likeness (QED) is 0.783. The second-order valence-corrected chi connectivity index (χ2v) is 5.26. The van der Waals surface area contributed by atoms with Crippen molar-refractivity contribution in [2.75, 3.05) is 6.54 Å². The van der Waals surface area contributed by atoms with Crippen molar-refractivity contribution < 1.29 is 13.6 Å². The van der Waals surface area contributed by atoms with Crippen molar-refractivity contribution in [3.05, 3.63) is 83.7 Å². The molecule has 3 aromatic rings. The van der Waals surface area contributed by atoms with E-state index in [4.69, 9.17) is 0 Å². The van der Waals surface area contributed by atoms with Crippen molar-refractivity contribution in [3.8, 4) is 5.69 Å². The lowest BCUT2D eigenvalue weighted by atomic mass is 10.2. The van der Waals surface area contributed by atoms with Crippen LogP contribution in [-0.2, 0) is 6.42 Å². The van der Waals surface area contributed by atoms with E-state index in [0.29, 0.717) is 13.0 Å². The number of para-hydroxylation sites is 1. The van der Waals surface area contributed by atoms with Gasteiger partial charge in [0, 0.05) is 18.3 Å². The van der Waals surface area contributed by atoms with Crippen LogP contribution in [0, 0.1) is 11.6 Å². The monoisotopic (exact) mass is 327 g/mol. The highest BCUT2D eigenvalue weighted by molar-refractivity contribution is 5.94. The van der Waals surface area contributed by atoms with Gasteiger partial charge >= 0.3 is 0 Å². The number of halogens is 2. The van der Waals surface area contributed by atoms with Gasteiger partial charge in [-0.05, 0) is 42.3 Å². The van der Waals surface area contributed by atoms with Gasteiger partial charge in [-0.2, -0.15) is 5.10 Å². The maximum absolute atomic E-state index is 13.1. The molecule has 0 aliphatic heterocycles. The summed E-state index contributed by atoms with van der Waals surface area (Å²) in [6.07, 6.45) is 4.21. The first-order valence-corrected chi connectivity index (χ1v) is 7.46. The third kappa shape index (κ3) is 3.65. The summed E-state index contributed by atoms with van der Waals surface area (Å²) in [5.41, 5.74) is 2.01. The maximum Gasteiger partial charge on any atom is 0.251 e. The molecule has 24 heavy (non-hydrogen) atoms. The van der Waals surface area contributed by atoms with Crippen LogP contribution < -0.4 is 5.32 Å². The van der Waals surface area contributed by atoms with Gasteiger partial charge < -0.3 is 5.32 Å². The van der Waals surface area contributed by atoms with Gasteiger partial charge in [-0.1, -0.05) is 18.2 Å². The Morgan fingerprint density at radius 2 is 1.88 bits per heavy atom. The average molecular weight is 327 g/mol. The molecule has 4 nitrogen and oxygen atoms in total. The van der Waals surface area contributed by atoms with E-state index in [1.54, 1.807) is 10.9 Å². The number of amides is 1. The van der Waals surface area contributed by atoms with E-state index < -0.39 is 17.5 Å². The summed E-state index contributed by atoms with van der Waals surface area (Å²) >= 11 is 0. The van der Waals surface area contributed by atoms with Crippen molar-refractivity contribution in [2.24, 2.45) is 0 Å². The van der Waals surface area contributed by atoms with Crippen LogP contribution in [0.15, 0.2) is 60.9 Å². The van der Waals surface area contributed by atoms with Gasteiger partial charge in [0.15, 0.2) is 11.6 Å². The van der Waals surface area contributed by atoms with Gasteiger partial charge in [0.1, 0.15) is 0 Å². The smallest absolute Gasteiger partial charge is 0.251 e. The summed E-state index contributed by atoms with van der Waals surface area (Å²) in [6.45, 7) is 0.373. The minimum Gasteiger partial charge on any atom is -0.352 e. The first kappa shape index (κ1) is 15.9. The number of benzene rings is 2. The molecule has 6 heteroatoms. The predicted octanol–water partition coefficient (Wildman–Crippen LogP) is 3.12. The molecule has 0 saturated heterocycles. The van der Waals surface area contributed by atoms with E-state index in [0.717, 1.165) is 23.4 Å². The van der Waals surface area contributed by atoms with Crippen LogP contribution >= 0.6 is 0 Å². The zero-order chi connectivity index (χ0) is 16.9. The van der Waals surface area contributed by atoms with Crippen molar-refractivity contribution in [1.29, 1.82) is 0 Å². The predicted molar refractivity (Wildman–Crippen MR) is 86.0 cm³/mol. The molecule has 0 aliphatic rings. The van der Waals surface area contributed by atoms with E-state index in [-0.39, 0.29) is 5.56 Å². The number of rotatable bonds is 5. The largest absolute Gasteiger partial charge is 0.352 e. The number of carbonyl (C=O) groups is 1. The van der Waals surface area contributed by atoms with Gasteiger partial charge in [-0.25, -0.2) is 13.5 Å². The Balaban J connectivity index is 1.56. The lowest BCUT2D eigenvalue weighted by Crippen LogP contribution is -2.25. The topological polar surface area (TPSA) is 46.9 Å². The molecule has 0 aliphatic carbocycles. The number of nitrogens with one attached hydrogen (secondary N) is 1. The van der Waals surface area contributed by atoms with Gasteiger partial charge in [0.25, 0.3) is 5.91 Å². The maximum atomic E-state index is 13.1. The van der Waals surface area contributed by atoms with Gasteiger partial charge in [-0.15, -0.1) is 0 Å². The molecule has 0 spiro atoms. The molecule has 1 heterocycles. The Bertz CT molecular complexity index is 846. The molecule has 1 aromatic heterocycles. The third-order valence-corrected chi connectivity index (χ3v) is 3.54. The fraction of sp³-hybridized carbons (Fsp3) is 0.111. The van der Waals surface area contributed by atoms with Crippen LogP contribution in [0.3, 0.4) is 0 Å².